The summed E-state index contributed by atoms with van der Waals surface area (Å²) in [6, 6.07) is 3.41. The van der Waals surface area contributed by atoms with Gasteiger partial charge in [0, 0.05) is 0 Å². The van der Waals surface area contributed by atoms with Crippen molar-refractivity contribution in [2.45, 2.75) is 29.0 Å². The predicted molar refractivity (Wildman–Crippen MR) is 69.5 cm³/mol. The van der Waals surface area contributed by atoms with Crippen LogP contribution in [0.25, 0.3) is 0 Å². The normalized spacial score (nSPS) is 18.4. The van der Waals surface area contributed by atoms with E-state index in [9.17, 15) is 8.42 Å². The number of hydrogen-bond donors (Lipinski definition) is 1. The number of nitrogens with zero attached hydrogens (tertiary/aromatic N) is 1. The third-order valence-corrected chi connectivity index (χ3v) is 7.12. The molecule has 1 aliphatic rings. The quantitative estimate of drug-likeness (QED) is 0.906. The number of thiophene rings is 1. The van der Waals surface area contributed by atoms with Crippen molar-refractivity contribution in [3.63, 3.8) is 0 Å². The highest BCUT2D eigenvalue weighted by molar-refractivity contribution is 9.11. The minimum Gasteiger partial charge on any atom is -0.206 e. The first kappa shape index (κ1) is 13.3. The minimum atomic E-state index is -3.66. The fraction of sp³-hybridized carbons (Fsp3) is 0.444. The summed E-state index contributed by atoms with van der Waals surface area (Å²) in [6.07, 6.45) is 1.98. The molecule has 1 aliphatic carbocycles. The van der Waals surface area contributed by atoms with Gasteiger partial charge in [0.25, 0.3) is 10.0 Å². The largest absolute Gasteiger partial charge is 0.251 e. The molecule has 0 unspecified atom stereocenters. The second-order valence-electron chi connectivity index (χ2n) is 3.84. The molecule has 1 aromatic heterocycles. The molecular weight excluding hydrogens is 348 g/mol. The highest BCUT2D eigenvalue weighted by Gasteiger charge is 2.41. The van der Waals surface area contributed by atoms with Gasteiger partial charge < -0.3 is 0 Å². The number of halogens is 2. The van der Waals surface area contributed by atoms with Crippen LogP contribution >= 0.6 is 38.9 Å². The Balaban J connectivity index is 2.29. The molecule has 1 saturated carbocycles. The number of rotatable bonds is 3. The second-order valence-corrected chi connectivity index (χ2v) is 8.53. The van der Waals surface area contributed by atoms with Crippen molar-refractivity contribution in [3.8, 4) is 6.07 Å². The van der Waals surface area contributed by atoms with E-state index in [-0.39, 0.29) is 4.21 Å². The van der Waals surface area contributed by atoms with Crippen LogP contribution in [0.5, 0.6) is 0 Å². The zero-order valence-corrected chi connectivity index (χ0v) is 12.5. The van der Waals surface area contributed by atoms with E-state index in [0.717, 1.165) is 17.8 Å². The van der Waals surface area contributed by atoms with Crippen molar-refractivity contribution in [1.82, 2.24) is 4.72 Å². The molecule has 0 radical (unpaired) electrons. The van der Waals surface area contributed by atoms with Crippen LogP contribution in [-0.2, 0) is 10.0 Å². The van der Waals surface area contributed by atoms with Gasteiger partial charge in [-0.25, -0.2) is 8.42 Å². The molecule has 1 N–H and O–H groups in total. The lowest BCUT2D eigenvalue weighted by Crippen LogP contribution is -2.52. The van der Waals surface area contributed by atoms with Crippen molar-refractivity contribution in [2.75, 3.05) is 0 Å². The van der Waals surface area contributed by atoms with Gasteiger partial charge in [0.2, 0.25) is 0 Å². The summed E-state index contributed by atoms with van der Waals surface area (Å²) in [7, 11) is -3.66. The van der Waals surface area contributed by atoms with Gasteiger partial charge in [-0.3, -0.25) is 0 Å². The van der Waals surface area contributed by atoms with Crippen LogP contribution in [-0.4, -0.2) is 14.0 Å². The van der Waals surface area contributed by atoms with Gasteiger partial charge in [0.15, 0.2) is 0 Å². The van der Waals surface area contributed by atoms with Crippen LogP contribution in [0.3, 0.4) is 0 Å². The Morgan fingerprint density at radius 2 is 2.24 bits per heavy atom. The maximum Gasteiger partial charge on any atom is 0.251 e. The second kappa shape index (κ2) is 4.52. The summed E-state index contributed by atoms with van der Waals surface area (Å²) in [5, 5.41) is 9.35. The number of hydrogen-bond acceptors (Lipinski definition) is 4. The van der Waals surface area contributed by atoms with E-state index in [4.69, 9.17) is 16.9 Å². The van der Waals surface area contributed by atoms with Gasteiger partial charge in [-0.15, -0.1) is 11.3 Å². The topological polar surface area (TPSA) is 70.0 Å². The molecule has 2 rings (SSSR count). The molecular formula is C9H8BrClN2O2S2. The average Bonchev–Trinajstić information content (AvgIpc) is 2.54. The number of sulfonamides is 1. The van der Waals surface area contributed by atoms with Gasteiger partial charge in [-0.2, -0.15) is 9.98 Å². The van der Waals surface area contributed by atoms with Crippen molar-refractivity contribution in [1.29, 1.82) is 5.26 Å². The van der Waals surface area contributed by atoms with Crippen LogP contribution in [0.2, 0.25) is 5.02 Å². The standard InChI is InChI=1S/C9H8BrClN2O2S2/c10-8-6(11)4-7(16-8)17(14,15)13-9(5-12)2-1-3-9/h4,13H,1-3H2. The summed E-state index contributed by atoms with van der Waals surface area (Å²) in [5.41, 5.74) is -0.929. The smallest absolute Gasteiger partial charge is 0.206 e. The number of nitriles is 1. The predicted octanol–water partition coefficient (Wildman–Crippen LogP) is 2.89. The zero-order chi connectivity index (χ0) is 12.7. The molecule has 0 spiro atoms. The zero-order valence-electron chi connectivity index (χ0n) is 8.53. The lowest BCUT2D eigenvalue weighted by molar-refractivity contribution is 0.296. The van der Waals surface area contributed by atoms with E-state index in [1.165, 1.54) is 6.07 Å². The van der Waals surface area contributed by atoms with Crippen molar-refractivity contribution in [3.05, 3.63) is 14.9 Å². The maximum absolute atomic E-state index is 12.0. The lowest BCUT2D eigenvalue weighted by atomic mass is 9.79. The average molecular weight is 356 g/mol. The first-order valence-electron chi connectivity index (χ1n) is 4.79. The summed E-state index contributed by atoms with van der Waals surface area (Å²) >= 11 is 9.99. The van der Waals surface area contributed by atoms with Crippen molar-refractivity contribution < 1.29 is 8.42 Å². The molecule has 92 valence electrons. The minimum absolute atomic E-state index is 0.121. The Morgan fingerprint density at radius 1 is 1.59 bits per heavy atom. The molecule has 0 aromatic carbocycles. The highest BCUT2D eigenvalue weighted by atomic mass is 79.9. The van der Waals surface area contributed by atoms with Gasteiger partial charge in [0.05, 0.1) is 14.9 Å². The van der Waals surface area contributed by atoms with Gasteiger partial charge in [-0.1, -0.05) is 11.6 Å². The molecule has 0 atom stereocenters. The Morgan fingerprint density at radius 3 is 2.59 bits per heavy atom. The van der Waals surface area contributed by atoms with Gasteiger partial charge >= 0.3 is 0 Å². The van der Waals surface area contributed by atoms with Crippen LogP contribution in [0.4, 0.5) is 0 Å². The molecule has 1 fully saturated rings. The SMILES string of the molecule is N#CC1(NS(=O)(=O)c2cc(Cl)c(Br)s2)CCC1. The summed E-state index contributed by atoms with van der Waals surface area (Å²) in [6.45, 7) is 0. The fourth-order valence-electron chi connectivity index (χ4n) is 1.53. The molecule has 1 heterocycles. The Labute approximate surface area is 117 Å². The van der Waals surface area contributed by atoms with E-state index < -0.39 is 15.6 Å². The molecule has 0 saturated heterocycles. The van der Waals surface area contributed by atoms with E-state index >= 15 is 0 Å². The van der Waals surface area contributed by atoms with Gasteiger partial charge in [-0.05, 0) is 41.3 Å². The third kappa shape index (κ3) is 2.51. The van der Waals surface area contributed by atoms with Crippen molar-refractivity contribution >= 4 is 48.9 Å². The molecule has 0 bridgehead atoms. The van der Waals surface area contributed by atoms with E-state index in [1.807, 2.05) is 6.07 Å². The Bertz CT molecular complexity index is 567. The third-order valence-electron chi connectivity index (χ3n) is 2.64. The number of nitrogens with one attached hydrogen (secondary N) is 1. The van der Waals surface area contributed by atoms with Crippen LogP contribution in [0.15, 0.2) is 14.1 Å². The monoisotopic (exact) mass is 354 g/mol. The maximum atomic E-state index is 12.0. The lowest BCUT2D eigenvalue weighted by Gasteiger charge is -2.35. The van der Waals surface area contributed by atoms with E-state index in [0.29, 0.717) is 21.7 Å². The van der Waals surface area contributed by atoms with E-state index in [2.05, 4.69) is 20.7 Å². The van der Waals surface area contributed by atoms with Crippen LogP contribution < -0.4 is 4.72 Å². The van der Waals surface area contributed by atoms with Crippen LogP contribution in [0, 0.1) is 11.3 Å². The first-order chi connectivity index (χ1) is 7.88. The molecule has 0 amide bonds. The van der Waals surface area contributed by atoms with Crippen molar-refractivity contribution in [2.24, 2.45) is 0 Å². The molecule has 8 heteroatoms. The van der Waals surface area contributed by atoms with Crippen LogP contribution in [0.1, 0.15) is 19.3 Å². The molecule has 17 heavy (non-hydrogen) atoms. The summed E-state index contributed by atoms with van der Waals surface area (Å²) in [5.74, 6) is 0. The molecule has 4 nitrogen and oxygen atoms in total. The van der Waals surface area contributed by atoms with Gasteiger partial charge in [0.1, 0.15) is 9.75 Å². The summed E-state index contributed by atoms with van der Waals surface area (Å²) < 4.78 is 27.2. The Hall–Kier alpha value is -0.130. The van der Waals surface area contributed by atoms with E-state index in [1.54, 1.807) is 0 Å². The first-order valence-corrected chi connectivity index (χ1v) is 8.26. The molecule has 0 aliphatic heterocycles. The Kier molecular flexibility index (Phi) is 3.54. The molecule has 1 aromatic rings. The fourth-order valence-corrected chi connectivity index (χ4v) is 5.31. The summed E-state index contributed by atoms with van der Waals surface area (Å²) in [4.78, 5) is 0. The highest BCUT2D eigenvalue weighted by Crippen LogP contribution is 2.37.